The van der Waals surface area contributed by atoms with Crippen LogP contribution >= 0.6 is 11.6 Å². The molecule has 0 bridgehead atoms. The van der Waals surface area contributed by atoms with Crippen molar-refractivity contribution in [1.82, 2.24) is 4.31 Å². The van der Waals surface area contributed by atoms with Crippen LogP contribution in [0.15, 0.2) is 95.4 Å². The molecule has 4 atom stereocenters. The number of halogens is 1. The first-order chi connectivity index (χ1) is 20.2. The Bertz CT molecular complexity index is 1590. The van der Waals surface area contributed by atoms with Crippen LogP contribution in [-0.4, -0.2) is 30.3 Å². The van der Waals surface area contributed by atoms with Crippen molar-refractivity contribution in [2.75, 3.05) is 0 Å². The van der Waals surface area contributed by atoms with Crippen molar-refractivity contribution in [3.8, 4) is 0 Å². The number of aryl methyl sites for hydroxylation is 1. The van der Waals surface area contributed by atoms with Gasteiger partial charge in [-0.15, -0.1) is 0 Å². The Morgan fingerprint density at radius 1 is 0.930 bits per heavy atom. The maximum atomic E-state index is 14.6. The lowest BCUT2D eigenvalue weighted by Crippen LogP contribution is -2.43. The zero-order chi connectivity index (χ0) is 31.5. The van der Waals surface area contributed by atoms with Gasteiger partial charge in [-0.3, -0.25) is 9.59 Å². The second-order valence-electron chi connectivity index (χ2n) is 13.0. The third-order valence-corrected chi connectivity index (χ3v) is 10.5. The fraction of sp³-hybridized carbons (Fsp3) is 0.389. The Labute approximate surface area is 262 Å². The Morgan fingerprint density at radius 2 is 1.53 bits per heavy atom. The van der Waals surface area contributed by atoms with Gasteiger partial charge in [0.15, 0.2) is 5.78 Å². The quantitative estimate of drug-likeness (QED) is 0.217. The zero-order valence-electron chi connectivity index (χ0n) is 25.9. The van der Waals surface area contributed by atoms with Gasteiger partial charge in [-0.2, -0.15) is 4.31 Å². The van der Waals surface area contributed by atoms with Gasteiger partial charge in [-0.05, 0) is 72.9 Å². The highest BCUT2D eigenvalue weighted by molar-refractivity contribution is 7.89. The number of hydrogen-bond donors (Lipinski definition) is 0. The molecule has 0 aromatic heterocycles. The summed E-state index contributed by atoms with van der Waals surface area (Å²) in [7, 11) is -4.06. The van der Waals surface area contributed by atoms with Gasteiger partial charge >= 0.3 is 0 Å². The topological polar surface area (TPSA) is 71.5 Å². The molecule has 0 saturated carbocycles. The molecule has 0 spiro atoms. The first-order valence-electron chi connectivity index (χ1n) is 14.8. The SMILES string of the molecule is CC(=O)[C@@H](CC(=O)C1=C[C@@H](C(C)CC(C)(C)C)N(S(=O)(=O)c2ccccc2C)C1c1ccc(Cl)cc1)Cc1ccccc1. The summed E-state index contributed by atoms with van der Waals surface area (Å²) in [5, 5.41) is 0.518. The fourth-order valence-corrected chi connectivity index (χ4v) is 8.42. The van der Waals surface area contributed by atoms with Crippen LogP contribution in [-0.2, 0) is 26.0 Å². The number of nitrogens with zero attached hydrogens (tertiary/aromatic N) is 1. The summed E-state index contributed by atoms with van der Waals surface area (Å²) in [6.07, 6.45) is 3.04. The third kappa shape index (κ3) is 7.72. The van der Waals surface area contributed by atoms with Crippen molar-refractivity contribution in [3.05, 3.63) is 112 Å². The molecule has 1 aliphatic heterocycles. The minimum atomic E-state index is -4.06. The molecule has 43 heavy (non-hydrogen) atoms. The van der Waals surface area contributed by atoms with Crippen LogP contribution in [0.2, 0.25) is 5.02 Å². The molecule has 2 unspecified atom stereocenters. The Morgan fingerprint density at radius 3 is 2.12 bits per heavy atom. The van der Waals surface area contributed by atoms with E-state index in [4.69, 9.17) is 11.6 Å². The largest absolute Gasteiger partial charge is 0.300 e. The lowest BCUT2D eigenvalue weighted by molar-refractivity contribution is -0.125. The van der Waals surface area contributed by atoms with E-state index in [0.717, 1.165) is 12.0 Å². The van der Waals surface area contributed by atoms with Gasteiger partial charge in [-0.25, -0.2) is 8.42 Å². The second-order valence-corrected chi connectivity index (χ2v) is 15.3. The van der Waals surface area contributed by atoms with Crippen molar-refractivity contribution in [2.24, 2.45) is 17.3 Å². The predicted octanol–water partition coefficient (Wildman–Crippen LogP) is 8.17. The number of benzene rings is 3. The van der Waals surface area contributed by atoms with Crippen molar-refractivity contribution < 1.29 is 18.0 Å². The summed E-state index contributed by atoms with van der Waals surface area (Å²) in [4.78, 5) is 27.3. The normalized spacial score (nSPS) is 19.1. The number of rotatable bonds is 11. The molecule has 5 nitrogen and oxygen atoms in total. The van der Waals surface area contributed by atoms with E-state index in [-0.39, 0.29) is 34.2 Å². The Kier molecular flexibility index (Phi) is 10.2. The Hall–Kier alpha value is -3.06. The van der Waals surface area contributed by atoms with Crippen LogP contribution in [0.3, 0.4) is 0 Å². The molecule has 228 valence electrons. The van der Waals surface area contributed by atoms with Crippen LogP contribution in [0.1, 0.15) is 70.2 Å². The van der Waals surface area contributed by atoms with Crippen molar-refractivity contribution in [2.45, 2.75) is 77.8 Å². The minimum absolute atomic E-state index is 0.00122. The maximum Gasteiger partial charge on any atom is 0.244 e. The first-order valence-corrected chi connectivity index (χ1v) is 16.6. The fourth-order valence-electron chi connectivity index (χ4n) is 6.23. The van der Waals surface area contributed by atoms with E-state index >= 15 is 0 Å². The summed E-state index contributed by atoms with van der Waals surface area (Å²) in [5.74, 6) is -0.895. The summed E-state index contributed by atoms with van der Waals surface area (Å²) in [5.41, 5.74) is 2.62. The molecule has 1 aliphatic rings. The number of hydrogen-bond acceptors (Lipinski definition) is 4. The highest BCUT2D eigenvalue weighted by atomic mass is 35.5. The predicted molar refractivity (Wildman–Crippen MR) is 173 cm³/mol. The maximum absolute atomic E-state index is 14.6. The van der Waals surface area contributed by atoms with Gasteiger partial charge in [0.2, 0.25) is 10.0 Å². The van der Waals surface area contributed by atoms with E-state index in [1.54, 1.807) is 49.4 Å². The molecule has 0 N–H and O–H groups in total. The summed E-state index contributed by atoms with van der Waals surface area (Å²) in [6.45, 7) is 11.7. The molecule has 0 radical (unpaired) electrons. The molecular weight excluding hydrogens is 578 g/mol. The van der Waals surface area contributed by atoms with Crippen LogP contribution in [0.5, 0.6) is 0 Å². The molecule has 7 heteroatoms. The van der Waals surface area contributed by atoms with Crippen molar-refractivity contribution in [1.29, 1.82) is 0 Å². The van der Waals surface area contributed by atoms with Gasteiger partial charge in [-0.1, -0.05) is 106 Å². The molecule has 0 fully saturated rings. The van der Waals surface area contributed by atoms with Crippen LogP contribution < -0.4 is 0 Å². The molecule has 0 amide bonds. The third-order valence-electron chi connectivity index (χ3n) is 8.20. The van der Waals surface area contributed by atoms with E-state index in [0.29, 0.717) is 28.1 Å². The average Bonchev–Trinajstić information content (AvgIpc) is 3.35. The Balaban J connectivity index is 1.85. The lowest BCUT2D eigenvalue weighted by atomic mass is 9.82. The standard InChI is InChI=1S/C36H42ClNO4S/c1-24-12-10-11-15-34(24)43(41,42)38-32(25(2)23-36(4,5)6)22-31(35(38)28-16-18-30(37)19-17-28)33(40)21-29(26(3)39)20-27-13-8-7-9-14-27/h7-19,22,25,29,32,35H,20-21,23H2,1-6H3/t25?,29-,32+,35?/m1/s1. The van der Waals surface area contributed by atoms with E-state index in [1.165, 1.54) is 11.2 Å². The van der Waals surface area contributed by atoms with Gasteiger partial charge in [0, 0.05) is 29.0 Å². The lowest BCUT2D eigenvalue weighted by Gasteiger charge is -2.36. The van der Waals surface area contributed by atoms with E-state index in [1.807, 2.05) is 49.4 Å². The molecule has 4 rings (SSSR count). The molecule has 0 aliphatic carbocycles. The van der Waals surface area contributed by atoms with Crippen molar-refractivity contribution in [3.63, 3.8) is 0 Å². The van der Waals surface area contributed by atoms with Crippen LogP contribution in [0, 0.1) is 24.2 Å². The highest BCUT2D eigenvalue weighted by Crippen LogP contribution is 2.46. The molecular formula is C36H42ClNO4S. The number of ketones is 2. The minimum Gasteiger partial charge on any atom is -0.300 e. The summed E-state index contributed by atoms with van der Waals surface area (Å²) in [6, 6.07) is 22.2. The van der Waals surface area contributed by atoms with E-state index in [2.05, 4.69) is 20.8 Å². The van der Waals surface area contributed by atoms with Crippen molar-refractivity contribution >= 4 is 33.2 Å². The molecule has 1 heterocycles. The smallest absolute Gasteiger partial charge is 0.244 e. The monoisotopic (exact) mass is 619 g/mol. The van der Waals surface area contributed by atoms with Gasteiger partial charge in [0.1, 0.15) is 5.78 Å². The highest BCUT2D eigenvalue weighted by Gasteiger charge is 2.48. The van der Waals surface area contributed by atoms with Crippen LogP contribution in [0.25, 0.3) is 0 Å². The summed E-state index contributed by atoms with van der Waals surface area (Å²) < 4.78 is 30.8. The van der Waals surface area contributed by atoms with E-state index < -0.39 is 28.0 Å². The van der Waals surface area contributed by atoms with Crippen LogP contribution in [0.4, 0.5) is 0 Å². The summed E-state index contributed by atoms with van der Waals surface area (Å²) >= 11 is 6.24. The van der Waals surface area contributed by atoms with Gasteiger partial charge in [0.25, 0.3) is 0 Å². The van der Waals surface area contributed by atoms with E-state index in [9.17, 15) is 18.0 Å². The second kappa shape index (κ2) is 13.3. The number of Topliss-reactive ketones (excluding diaryl/α,β-unsaturated/α-hetero) is 2. The molecule has 3 aromatic rings. The molecule has 3 aromatic carbocycles. The van der Waals surface area contributed by atoms with Gasteiger partial charge < -0.3 is 0 Å². The number of carbonyl (C=O) groups is 2. The first kappa shape index (κ1) is 32.8. The number of sulfonamides is 1. The molecule has 0 saturated heterocycles. The van der Waals surface area contributed by atoms with Gasteiger partial charge in [0.05, 0.1) is 10.9 Å². The number of carbonyl (C=O) groups excluding carboxylic acids is 2. The zero-order valence-corrected chi connectivity index (χ0v) is 27.5. The average molecular weight is 620 g/mol.